The van der Waals surface area contributed by atoms with Crippen molar-refractivity contribution in [2.75, 3.05) is 20.8 Å². The molecule has 1 unspecified atom stereocenters. The molecule has 0 saturated carbocycles. The molecule has 1 N–H and O–H groups in total. The van der Waals surface area contributed by atoms with Crippen molar-refractivity contribution < 1.29 is 9.47 Å². The van der Waals surface area contributed by atoms with Crippen LogP contribution in [0.2, 0.25) is 0 Å². The zero-order valence-corrected chi connectivity index (χ0v) is 17.4. The normalized spacial score (nSPS) is 16.4. The summed E-state index contributed by atoms with van der Waals surface area (Å²) in [5, 5.41) is 1.21. The minimum atomic E-state index is 0.182. The highest BCUT2D eigenvalue weighted by Gasteiger charge is 2.30. The fourth-order valence-electron chi connectivity index (χ4n) is 4.63. The number of aromatic amines is 1. The molecule has 0 spiro atoms. The first-order valence-electron chi connectivity index (χ1n) is 10.4. The van der Waals surface area contributed by atoms with Crippen molar-refractivity contribution >= 4 is 10.9 Å². The molecule has 4 aromatic rings. The third kappa shape index (κ3) is 3.33. The quantitative estimate of drug-likeness (QED) is 0.494. The molecule has 3 aromatic carbocycles. The van der Waals surface area contributed by atoms with E-state index in [9.17, 15) is 0 Å². The van der Waals surface area contributed by atoms with Gasteiger partial charge in [0.2, 0.25) is 0 Å². The maximum atomic E-state index is 5.51. The molecule has 1 aromatic heterocycles. The molecule has 0 saturated heterocycles. The van der Waals surface area contributed by atoms with Crippen LogP contribution in [0.15, 0.2) is 72.9 Å². The second-order valence-electron chi connectivity index (χ2n) is 7.83. The number of nitrogens with one attached hydrogen (secondary N) is 1. The van der Waals surface area contributed by atoms with Gasteiger partial charge in [0, 0.05) is 30.2 Å². The predicted molar refractivity (Wildman–Crippen MR) is 120 cm³/mol. The van der Waals surface area contributed by atoms with Crippen LogP contribution in [0, 0.1) is 0 Å². The van der Waals surface area contributed by atoms with Crippen LogP contribution in [-0.4, -0.2) is 30.6 Å². The molecule has 5 rings (SSSR count). The summed E-state index contributed by atoms with van der Waals surface area (Å²) in [7, 11) is 3.44. The molecule has 1 aliphatic rings. The Balaban J connectivity index is 1.61. The van der Waals surface area contributed by atoms with E-state index in [-0.39, 0.29) is 6.04 Å². The van der Waals surface area contributed by atoms with Gasteiger partial charge in [0.1, 0.15) is 11.5 Å². The fourth-order valence-corrected chi connectivity index (χ4v) is 4.63. The van der Waals surface area contributed by atoms with E-state index in [4.69, 9.17) is 9.47 Å². The Morgan fingerprint density at radius 1 is 0.900 bits per heavy atom. The zero-order valence-electron chi connectivity index (χ0n) is 17.4. The fraction of sp³-hybridized carbons (Fsp3) is 0.231. The average molecular weight is 399 g/mol. The van der Waals surface area contributed by atoms with Crippen LogP contribution in [0.25, 0.3) is 10.9 Å². The molecule has 4 nitrogen and oxygen atoms in total. The molecule has 0 aliphatic carbocycles. The van der Waals surface area contributed by atoms with E-state index >= 15 is 0 Å². The number of H-pyrrole nitrogens is 1. The maximum absolute atomic E-state index is 5.51. The van der Waals surface area contributed by atoms with Crippen LogP contribution in [0.5, 0.6) is 11.5 Å². The van der Waals surface area contributed by atoms with Gasteiger partial charge in [0.15, 0.2) is 0 Å². The molecule has 4 heteroatoms. The van der Waals surface area contributed by atoms with E-state index in [0.717, 1.165) is 36.5 Å². The highest BCUT2D eigenvalue weighted by molar-refractivity contribution is 5.85. The smallest absolute Gasteiger partial charge is 0.119 e. The highest BCUT2D eigenvalue weighted by atomic mass is 16.5. The largest absolute Gasteiger partial charge is 0.497 e. The van der Waals surface area contributed by atoms with Crippen LogP contribution in [0.3, 0.4) is 0 Å². The molecule has 0 radical (unpaired) electrons. The number of rotatable bonds is 5. The van der Waals surface area contributed by atoms with Crippen molar-refractivity contribution in [1.29, 1.82) is 0 Å². The number of hydrogen-bond donors (Lipinski definition) is 1. The van der Waals surface area contributed by atoms with E-state index in [1.807, 2.05) is 12.1 Å². The second kappa shape index (κ2) is 7.88. The SMILES string of the molecule is COc1cccc(CN2CCc3ccccc3C2c2c[nH]c3ccc(OC)cc23)c1. The predicted octanol–water partition coefficient (Wildman–Crippen LogP) is 5.33. The minimum Gasteiger partial charge on any atom is -0.497 e. The molecule has 2 heterocycles. The Bertz CT molecular complexity index is 1180. The Kier molecular flexibility index (Phi) is 4.93. The number of ether oxygens (including phenoxy) is 2. The van der Waals surface area contributed by atoms with Gasteiger partial charge in [0.05, 0.1) is 20.3 Å². The number of methoxy groups -OCH3 is 2. The van der Waals surface area contributed by atoms with Crippen molar-refractivity contribution in [3.63, 3.8) is 0 Å². The molecular weight excluding hydrogens is 372 g/mol. The summed E-state index contributed by atoms with van der Waals surface area (Å²) >= 11 is 0. The van der Waals surface area contributed by atoms with Crippen molar-refractivity contribution in [2.45, 2.75) is 19.0 Å². The zero-order chi connectivity index (χ0) is 20.5. The lowest BCUT2D eigenvalue weighted by Gasteiger charge is -2.37. The van der Waals surface area contributed by atoms with Gasteiger partial charge in [-0.05, 0) is 59.0 Å². The van der Waals surface area contributed by atoms with E-state index < -0.39 is 0 Å². The summed E-state index contributed by atoms with van der Waals surface area (Å²) in [6.07, 6.45) is 3.22. The van der Waals surface area contributed by atoms with E-state index in [1.165, 1.54) is 27.6 Å². The first-order chi connectivity index (χ1) is 14.8. The Morgan fingerprint density at radius 3 is 2.60 bits per heavy atom. The van der Waals surface area contributed by atoms with Gasteiger partial charge in [-0.2, -0.15) is 0 Å². The summed E-state index contributed by atoms with van der Waals surface area (Å²) in [5.74, 6) is 1.78. The highest BCUT2D eigenvalue weighted by Crippen LogP contribution is 2.40. The van der Waals surface area contributed by atoms with Gasteiger partial charge in [-0.1, -0.05) is 36.4 Å². The van der Waals surface area contributed by atoms with Crippen molar-refractivity contribution in [1.82, 2.24) is 9.88 Å². The molecule has 0 amide bonds. The van der Waals surface area contributed by atoms with Crippen molar-refractivity contribution in [2.24, 2.45) is 0 Å². The third-order valence-corrected chi connectivity index (χ3v) is 6.12. The number of aromatic nitrogens is 1. The number of fused-ring (bicyclic) bond motifs is 2. The van der Waals surface area contributed by atoms with Gasteiger partial charge in [-0.15, -0.1) is 0 Å². The first kappa shape index (κ1) is 18.8. The lowest BCUT2D eigenvalue weighted by Crippen LogP contribution is -2.35. The Morgan fingerprint density at radius 2 is 1.73 bits per heavy atom. The second-order valence-corrected chi connectivity index (χ2v) is 7.83. The van der Waals surface area contributed by atoms with Crippen molar-refractivity contribution in [3.8, 4) is 11.5 Å². The number of nitrogens with zero attached hydrogens (tertiary/aromatic N) is 1. The van der Waals surface area contributed by atoms with Crippen molar-refractivity contribution in [3.05, 3.63) is 95.2 Å². The van der Waals surface area contributed by atoms with Gasteiger partial charge >= 0.3 is 0 Å². The summed E-state index contributed by atoms with van der Waals surface area (Å²) in [6.45, 7) is 1.88. The third-order valence-electron chi connectivity index (χ3n) is 6.12. The molecule has 152 valence electrons. The average Bonchev–Trinajstić information content (AvgIpc) is 3.21. The molecule has 0 bridgehead atoms. The Labute approximate surface area is 177 Å². The van der Waals surface area contributed by atoms with Crippen LogP contribution in [0.1, 0.15) is 28.3 Å². The molecule has 0 fully saturated rings. The lowest BCUT2D eigenvalue weighted by molar-refractivity contribution is 0.205. The monoisotopic (exact) mass is 398 g/mol. The molecule has 1 atom stereocenters. The molecular formula is C26H26N2O2. The first-order valence-corrected chi connectivity index (χ1v) is 10.4. The summed E-state index contributed by atoms with van der Waals surface area (Å²) in [4.78, 5) is 6.04. The van der Waals surface area contributed by atoms with E-state index in [0.29, 0.717) is 0 Å². The standard InChI is InChI=1S/C26H26N2O2/c1-29-20-8-5-6-18(14-20)17-28-13-12-19-7-3-4-9-22(19)26(28)24-16-27-25-11-10-21(30-2)15-23(24)25/h3-11,14-16,26-27H,12-13,17H2,1-2H3. The molecule has 1 aliphatic heterocycles. The molecule has 30 heavy (non-hydrogen) atoms. The number of hydrogen-bond acceptors (Lipinski definition) is 3. The van der Waals surface area contributed by atoms with Gasteiger partial charge in [-0.25, -0.2) is 0 Å². The minimum absolute atomic E-state index is 0.182. The van der Waals surface area contributed by atoms with Crippen LogP contribution >= 0.6 is 0 Å². The van der Waals surface area contributed by atoms with Crippen LogP contribution in [-0.2, 0) is 13.0 Å². The lowest BCUT2D eigenvalue weighted by atomic mass is 9.87. The van der Waals surface area contributed by atoms with Gasteiger partial charge < -0.3 is 14.5 Å². The maximum Gasteiger partial charge on any atom is 0.119 e. The Hall–Kier alpha value is -3.24. The van der Waals surface area contributed by atoms with Gasteiger partial charge in [0.25, 0.3) is 0 Å². The van der Waals surface area contributed by atoms with E-state index in [2.05, 4.69) is 70.7 Å². The van der Waals surface area contributed by atoms with Gasteiger partial charge in [-0.3, -0.25) is 4.90 Å². The summed E-state index contributed by atoms with van der Waals surface area (Å²) < 4.78 is 11.0. The van der Waals surface area contributed by atoms with Crippen LogP contribution in [0.4, 0.5) is 0 Å². The summed E-state index contributed by atoms with van der Waals surface area (Å²) in [5.41, 5.74) is 6.50. The topological polar surface area (TPSA) is 37.5 Å². The summed E-state index contributed by atoms with van der Waals surface area (Å²) in [6, 6.07) is 23.6. The van der Waals surface area contributed by atoms with Crippen LogP contribution < -0.4 is 9.47 Å². The number of benzene rings is 3. The van der Waals surface area contributed by atoms with E-state index in [1.54, 1.807) is 14.2 Å².